The van der Waals surface area contributed by atoms with Gasteiger partial charge in [-0.1, -0.05) is 30.3 Å². The second kappa shape index (κ2) is 7.33. The number of H-pyrrole nitrogens is 1. The van der Waals surface area contributed by atoms with Crippen LogP contribution in [-0.4, -0.2) is 24.5 Å². The smallest absolute Gasteiger partial charge is 0.322 e. The maximum Gasteiger partial charge on any atom is 0.331 e. The summed E-state index contributed by atoms with van der Waals surface area (Å²) in [6.45, 7) is 3.90. The van der Waals surface area contributed by atoms with Crippen LogP contribution < -0.4 is 11.4 Å². The third-order valence-electron chi connectivity index (χ3n) is 6.11. The van der Waals surface area contributed by atoms with Crippen LogP contribution in [0.2, 0.25) is 0 Å². The monoisotopic (exact) mass is 446 g/mol. The summed E-state index contributed by atoms with van der Waals surface area (Å²) in [6.07, 6.45) is 3.49. The van der Waals surface area contributed by atoms with E-state index in [1.165, 1.54) is 0 Å². The Kier molecular flexibility index (Phi) is 4.37. The van der Waals surface area contributed by atoms with Crippen molar-refractivity contribution in [1.82, 2.24) is 24.5 Å². The first-order valence-corrected chi connectivity index (χ1v) is 11.0. The van der Waals surface area contributed by atoms with Gasteiger partial charge >= 0.3 is 5.69 Å². The van der Waals surface area contributed by atoms with E-state index in [4.69, 9.17) is 10.7 Å². The molecule has 0 amide bonds. The van der Waals surface area contributed by atoms with Crippen molar-refractivity contribution in [3.8, 4) is 16.9 Å². The highest BCUT2D eigenvalue weighted by molar-refractivity contribution is 6.01. The molecule has 4 aromatic heterocycles. The van der Waals surface area contributed by atoms with Gasteiger partial charge in [0, 0.05) is 22.7 Å². The largest absolute Gasteiger partial charge is 0.331 e. The minimum Gasteiger partial charge on any atom is -0.322 e. The molecule has 0 atom stereocenters. The predicted molar refractivity (Wildman–Crippen MR) is 135 cm³/mol. The van der Waals surface area contributed by atoms with Crippen molar-refractivity contribution in [1.29, 1.82) is 0 Å². The minimum absolute atomic E-state index is 0.247. The van der Waals surface area contributed by atoms with Crippen LogP contribution in [0.5, 0.6) is 0 Å². The Bertz CT molecular complexity index is 1760. The molecule has 3 N–H and O–H groups in total. The van der Waals surface area contributed by atoms with Crippen molar-refractivity contribution in [3.05, 3.63) is 95.2 Å². The first-order valence-electron chi connectivity index (χ1n) is 11.0. The van der Waals surface area contributed by atoms with Gasteiger partial charge in [-0.3, -0.25) is 14.5 Å². The lowest BCUT2D eigenvalue weighted by Crippen LogP contribution is -2.28. The molecule has 7 nitrogen and oxygen atoms in total. The summed E-state index contributed by atoms with van der Waals surface area (Å²) < 4.78 is 1.64. The van der Waals surface area contributed by atoms with Crippen molar-refractivity contribution in [3.63, 3.8) is 0 Å². The number of hydrogen-bond acceptors (Lipinski definition) is 5. The summed E-state index contributed by atoms with van der Waals surface area (Å²) in [6, 6.07) is 21.6. The van der Waals surface area contributed by atoms with Crippen LogP contribution in [0.3, 0.4) is 0 Å². The van der Waals surface area contributed by atoms with Gasteiger partial charge in [-0.15, -0.1) is 0 Å². The molecule has 0 aliphatic heterocycles. The highest BCUT2D eigenvalue weighted by Gasteiger charge is 2.17. The van der Waals surface area contributed by atoms with Crippen molar-refractivity contribution < 1.29 is 0 Å². The zero-order valence-electron chi connectivity index (χ0n) is 18.8. The molecule has 0 radical (unpaired) electrons. The number of nitrogens with two attached hydrogens (primary N) is 1. The van der Waals surface area contributed by atoms with Gasteiger partial charge in [-0.25, -0.2) is 9.78 Å². The molecule has 166 valence electrons. The van der Waals surface area contributed by atoms with E-state index in [0.717, 1.165) is 33.4 Å². The number of nitrogens with one attached hydrogen (secondary N) is 1. The number of aromatic amines is 1. The average Bonchev–Trinajstić information content (AvgIpc) is 3.19. The fraction of sp³-hybridized carbons (Fsp3) is 0.111. The molecule has 34 heavy (non-hydrogen) atoms. The summed E-state index contributed by atoms with van der Waals surface area (Å²) in [7, 11) is 0. The summed E-state index contributed by atoms with van der Waals surface area (Å²) >= 11 is 0. The Morgan fingerprint density at radius 3 is 2.47 bits per heavy atom. The zero-order chi connectivity index (χ0) is 23.4. The van der Waals surface area contributed by atoms with Crippen LogP contribution in [0.15, 0.2) is 83.9 Å². The summed E-state index contributed by atoms with van der Waals surface area (Å²) in [5.41, 5.74) is 12.5. The number of hydrogen-bond donors (Lipinski definition) is 2. The molecule has 0 aliphatic rings. The van der Waals surface area contributed by atoms with Crippen LogP contribution in [0, 0.1) is 0 Å². The topological polar surface area (TPSA) is 102 Å². The quantitative estimate of drug-likeness (QED) is 0.411. The van der Waals surface area contributed by atoms with E-state index < -0.39 is 5.54 Å². The van der Waals surface area contributed by atoms with E-state index in [1.807, 2.05) is 80.7 Å². The highest BCUT2D eigenvalue weighted by atomic mass is 16.1. The molecule has 6 aromatic rings. The third-order valence-corrected chi connectivity index (χ3v) is 6.11. The van der Waals surface area contributed by atoms with Gasteiger partial charge in [-0.05, 0) is 55.8 Å². The Labute approximate surface area is 194 Å². The summed E-state index contributed by atoms with van der Waals surface area (Å²) in [5.74, 6) is 0. The van der Waals surface area contributed by atoms with Crippen molar-refractivity contribution in [2.24, 2.45) is 5.73 Å². The number of pyridine rings is 3. The lowest BCUT2D eigenvalue weighted by molar-refractivity contribution is 0.554. The first-order chi connectivity index (χ1) is 16.4. The predicted octanol–water partition coefficient (Wildman–Crippen LogP) is 4.67. The zero-order valence-corrected chi connectivity index (χ0v) is 18.8. The van der Waals surface area contributed by atoms with Gasteiger partial charge < -0.3 is 10.7 Å². The molecule has 0 saturated carbocycles. The van der Waals surface area contributed by atoms with Gasteiger partial charge in [-0.2, -0.15) is 0 Å². The summed E-state index contributed by atoms with van der Waals surface area (Å²) in [5, 5.41) is 1.04. The number of para-hydroxylation sites is 1. The molecule has 0 aliphatic carbocycles. The Balaban J connectivity index is 1.57. The molecule has 7 heteroatoms. The van der Waals surface area contributed by atoms with Gasteiger partial charge in [0.15, 0.2) is 0 Å². The van der Waals surface area contributed by atoms with Crippen LogP contribution >= 0.6 is 0 Å². The van der Waals surface area contributed by atoms with Crippen molar-refractivity contribution >= 4 is 33.0 Å². The Hall–Kier alpha value is -4.36. The number of imidazole rings is 1. The van der Waals surface area contributed by atoms with E-state index in [-0.39, 0.29) is 5.69 Å². The number of fused-ring (bicyclic) bond motifs is 4. The van der Waals surface area contributed by atoms with Gasteiger partial charge in [0.2, 0.25) is 0 Å². The maximum atomic E-state index is 13.0. The molecule has 2 aromatic carbocycles. The number of benzene rings is 2. The summed E-state index contributed by atoms with van der Waals surface area (Å²) in [4.78, 5) is 29.9. The van der Waals surface area contributed by atoms with Crippen LogP contribution in [0.25, 0.3) is 49.9 Å². The molecule has 0 saturated heterocycles. The molecule has 0 unspecified atom stereocenters. The minimum atomic E-state index is -0.468. The fourth-order valence-electron chi connectivity index (χ4n) is 4.30. The molecule has 6 rings (SSSR count). The highest BCUT2D eigenvalue weighted by Crippen LogP contribution is 2.28. The van der Waals surface area contributed by atoms with E-state index >= 15 is 0 Å². The third kappa shape index (κ3) is 3.25. The standard InChI is InChI=1S/C27H22N6O/c1-27(2,28)18-7-9-19(10-8-18)33-25-23(32-26(33)34)15-30-22-12-11-21(31-24(22)25)17-13-16-5-3-4-6-20(16)29-14-17/h3-15H,28H2,1-2H3,(H,32,34). The van der Waals surface area contributed by atoms with Gasteiger partial charge in [0.05, 0.1) is 34.1 Å². The number of nitrogens with zero attached hydrogens (tertiary/aromatic N) is 4. The van der Waals surface area contributed by atoms with Crippen LogP contribution in [-0.2, 0) is 5.54 Å². The molecule has 0 bridgehead atoms. The molecular formula is C27H22N6O. The normalized spacial score (nSPS) is 12.1. The average molecular weight is 447 g/mol. The van der Waals surface area contributed by atoms with Gasteiger partial charge in [0.1, 0.15) is 11.0 Å². The second-order valence-corrected chi connectivity index (χ2v) is 9.04. The number of rotatable bonds is 3. The van der Waals surface area contributed by atoms with E-state index in [9.17, 15) is 4.79 Å². The fourth-order valence-corrected chi connectivity index (χ4v) is 4.30. The maximum absolute atomic E-state index is 13.0. The van der Waals surface area contributed by atoms with Crippen molar-refractivity contribution in [2.45, 2.75) is 19.4 Å². The molecule has 4 heterocycles. The van der Waals surface area contributed by atoms with Gasteiger partial charge in [0.25, 0.3) is 0 Å². The molecular weight excluding hydrogens is 424 g/mol. The van der Waals surface area contributed by atoms with Crippen LogP contribution in [0.4, 0.5) is 0 Å². The SMILES string of the molecule is CC(C)(N)c1ccc(-n2c(=O)[nH]c3cnc4ccc(-c5cnc6ccccc6c5)nc4c32)cc1. The lowest BCUT2D eigenvalue weighted by atomic mass is 9.95. The lowest BCUT2D eigenvalue weighted by Gasteiger charge is -2.19. The van der Waals surface area contributed by atoms with E-state index in [0.29, 0.717) is 22.1 Å². The Morgan fingerprint density at radius 2 is 1.68 bits per heavy atom. The van der Waals surface area contributed by atoms with E-state index in [2.05, 4.69) is 21.0 Å². The molecule has 0 fully saturated rings. The Morgan fingerprint density at radius 1 is 0.912 bits per heavy atom. The van der Waals surface area contributed by atoms with Crippen molar-refractivity contribution in [2.75, 3.05) is 0 Å². The second-order valence-electron chi connectivity index (χ2n) is 9.04. The molecule has 0 spiro atoms. The van der Waals surface area contributed by atoms with Crippen LogP contribution in [0.1, 0.15) is 19.4 Å². The van der Waals surface area contributed by atoms with E-state index in [1.54, 1.807) is 10.8 Å². The first kappa shape index (κ1) is 20.3. The number of aromatic nitrogens is 5.